The fraction of sp³-hybridized carbons (Fsp3) is 0.400. The van der Waals surface area contributed by atoms with Crippen LogP contribution in [0.25, 0.3) is 22.2 Å². The predicted molar refractivity (Wildman–Crippen MR) is 158 cm³/mol. The third-order valence-electron chi connectivity index (χ3n) is 5.83. The molecule has 0 spiro atoms. The first-order valence-corrected chi connectivity index (χ1v) is 13.7. The molecule has 0 saturated carbocycles. The molecule has 43 heavy (non-hydrogen) atoms. The number of unbranched alkanes of at least 4 members (excludes halogenated alkanes) is 1. The predicted octanol–water partition coefficient (Wildman–Crippen LogP) is 2.21. The number of aliphatic hydroxyl groups is 1. The van der Waals surface area contributed by atoms with Crippen LogP contribution in [0.2, 0.25) is 0 Å². The number of fused-ring (bicyclic) bond motifs is 2. The van der Waals surface area contributed by atoms with Gasteiger partial charge in [0.1, 0.15) is 16.9 Å². The summed E-state index contributed by atoms with van der Waals surface area (Å²) >= 11 is 0. The lowest BCUT2D eigenvalue weighted by Gasteiger charge is -2.04. The van der Waals surface area contributed by atoms with Crippen molar-refractivity contribution in [2.45, 2.75) is 65.9 Å². The molecule has 1 unspecified atom stereocenters. The Bertz CT molecular complexity index is 1930. The highest BCUT2D eigenvalue weighted by Crippen LogP contribution is 2.14. The lowest BCUT2D eigenvalue weighted by molar-refractivity contribution is 0.228. The van der Waals surface area contributed by atoms with Crippen LogP contribution in [0.4, 0.5) is 0 Å². The summed E-state index contributed by atoms with van der Waals surface area (Å²) in [6, 6.07) is 2.48. The van der Waals surface area contributed by atoms with Gasteiger partial charge in [0, 0.05) is 18.6 Å². The molecule has 0 aliphatic rings. The topological polar surface area (TPSA) is 191 Å². The monoisotopic (exact) mass is 592 g/mol. The summed E-state index contributed by atoms with van der Waals surface area (Å²) in [7, 11) is 0. The summed E-state index contributed by atoms with van der Waals surface area (Å²) in [6.45, 7) is 7.57. The van der Waals surface area contributed by atoms with Gasteiger partial charge in [0.05, 0.1) is 0 Å². The van der Waals surface area contributed by atoms with Gasteiger partial charge in [-0.1, -0.05) is 51.4 Å². The third-order valence-corrected chi connectivity index (χ3v) is 5.83. The van der Waals surface area contributed by atoms with E-state index in [1.807, 2.05) is 20.8 Å². The van der Waals surface area contributed by atoms with Crippen LogP contribution in [0.15, 0.2) is 40.1 Å². The lowest BCUT2D eigenvalue weighted by Crippen LogP contribution is -2.15. The van der Waals surface area contributed by atoms with Gasteiger partial charge in [0.2, 0.25) is 11.4 Å². The standard InChI is InChI=1S/C15H16N2O5.C15H16N2O4/c1-3-9-8-11(19)22-14-12(9)13(20)16-15(17-14)21-7-5-6-10(18)4-2;1-3-5-6-7-8-20-15-16-13(19)12-10(4-2)9-11(18)21-14(12)17-15/h8,10,18H,3-4,7H2,1-2H3,(H,16,17,20);9H,3-5,8H2,1-2H3,(H,16,17,19). The van der Waals surface area contributed by atoms with E-state index in [1.165, 1.54) is 12.1 Å². The lowest BCUT2D eigenvalue weighted by atomic mass is 10.1. The van der Waals surface area contributed by atoms with Crippen LogP contribution in [0.3, 0.4) is 0 Å². The first-order chi connectivity index (χ1) is 20.7. The third kappa shape index (κ3) is 8.92. The van der Waals surface area contributed by atoms with Gasteiger partial charge in [-0.15, -0.1) is 0 Å². The maximum absolute atomic E-state index is 12.1. The highest BCUT2D eigenvalue weighted by molar-refractivity contribution is 5.76. The van der Waals surface area contributed by atoms with Gasteiger partial charge >= 0.3 is 23.3 Å². The van der Waals surface area contributed by atoms with Gasteiger partial charge in [0.25, 0.3) is 11.1 Å². The van der Waals surface area contributed by atoms with Crippen LogP contribution >= 0.6 is 0 Å². The molecule has 1 atom stereocenters. The second kappa shape index (κ2) is 15.7. The van der Waals surface area contributed by atoms with Crippen molar-refractivity contribution in [3.8, 4) is 35.7 Å². The molecule has 4 heterocycles. The fourth-order valence-electron chi connectivity index (χ4n) is 3.69. The molecule has 3 N–H and O–H groups in total. The summed E-state index contributed by atoms with van der Waals surface area (Å²) in [5, 5.41) is 9.79. The average Bonchev–Trinajstić information content (AvgIpc) is 2.98. The van der Waals surface area contributed by atoms with Gasteiger partial charge in [-0.2, -0.15) is 9.97 Å². The number of hydrogen-bond donors (Lipinski definition) is 3. The summed E-state index contributed by atoms with van der Waals surface area (Å²) in [6.07, 6.45) is 2.62. The van der Waals surface area contributed by atoms with E-state index in [0.29, 0.717) is 30.4 Å². The van der Waals surface area contributed by atoms with Crippen molar-refractivity contribution in [3.05, 3.63) is 64.8 Å². The molecule has 0 bridgehead atoms. The Morgan fingerprint density at radius 1 is 0.791 bits per heavy atom. The Kier molecular flexibility index (Phi) is 11.9. The van der Waals surface area contributed by atoms with Crippen LogP contribution in [-0.4, -0.2) is 44.4 Å². The van der Waals surface area contributed by atoms with Crippen molar-refractivity contribution in [2.75, 3.05) is 13.2 Å². The molecule has 4 rings (SSSR count). The number of hydrogen-bond acceptors (Lipinski definition) is 11. The molecule has 4 aromatic heterocycles. The minimum Gasteiger partial charge on any atom is -0.451 e. The molecular weight excluding hydrogens is 560 g/mol. The van der Waals surface area contributed by atoms with E-state index in [2.05, 4.69) is 43.6 Å². The summed E-state index contributed by atoms with van der Waals surface area (Å²) in [5.74, 6) is 10.9. The van der Waals surface area contributed by atoms with Crippen LogP contribution in [0, 0.1) is 23.7 Å². The van der Waals surface area contributed by atoms with Crippen LogP contribution < -0.4 is 31.8 Å². The van der Waals surface area contributed by atoms with Crippen molar-refractivity contribution < 1.29 is 23.4 Å². The first kappa shape index (κ1) is 32.4. The molecule has 0 fully saturated rings. The zero-order valence-electron chi connectivity index (χ0n) is 24.3. The van der Waals surface area contributed by atoms with Gasteiger partial charge in [-0.05, 0) is 36.8 Å². The quantitative estimate of drug-likeness (QED) is 0.254. The van der Waals surface area contributed by atoms with Crippen molar-refractivity contribution >= 4 is 22.2 Å². The van der Waals surface area contributed by atoms with Crippen LogP contribution in [0.5, 0.6) is 12.0 Å². The van der Waals surface area contributed by atoms with Crippen molar-refractivity contribution in [2.24, 2.45) is 0 Å². The zero-order chi connectivity index (χ0) is 31.4. The number of ether oxygens (including phenoxy) is 2. The number of aromatic nitrogens is 4. The van der Waals surface area contributed by atoms with E-state index < -0.39 is 28.5 Å². The Hall–Kier alpha value is -5.14. The number of aliphatic hydroxyl groups excluding tert-OH is 1. The van der Waals surface area contributed by atoms with Gasteiger partial charge in [0.15, 0.2) is 13.2 Å². The van der Waals surface area contributed by atoms with E-state index in [-0.39, 0.29) is 47.4 Å². The number of nitrogens with zero attached hydrogens (tertiary/aromatic N) is 2. The van der Waals surface area contributed by atoms with Crippen LogP contribution in [-0.2, 0) is 12.8 Å². The SMILES string of the molecule is CCCC#CCOc1nc2oc(=O)cc(CC)c2c(=O)[nH]1.CCc1cc(=O)oc2nc(OCC#CC(O)CC)[nH]c(=O)c12. The maximum atomic E-state index is 12.1. The average molecular weight is 593 g/mol. The number of rotatable bonds is 8. The molecule has 0 aliphatic heterocycles. The van der Waals surface area contributed by atoms with E-state index in [1.54, 1.807) is 6.92 Å². The second-order valence-corrected chi connectivity index (χ2v) is 8.92. The number of H-pyrrole nitrogens is 2. The van der Waals surface area contributed by atoms with E-state index in [0.717, 1.165) is 12.8 Å². The minimum atomic E-state index is -0.711. The molecule has 0 amide bonds. The van der Waals surface area contributed by atoms with Crippen LogP contribution in [0.1, 0.15) is 58.1 Å². The molecule has 13 heteroatoms. The van der Waals surface area contributed by atoms with E-state index in [9.17, 15) is 24.3 Å². The van der Waals surface area contributed by atoms with E-state index in [4.69, 9.17) is 18.3 Å². The molecule has 0 radical (unpaired) electrons. The Balaban J connectivity index is 0.000000236. The van der Waals surface area contributed by atoms with Crippen molar-refractivity contribution in [1.29, 1.82) is 0 Å². The number of nitrogens with one attached hydrogen (secondary N) is 2. The second-order valence-electron chi connectivity index (χ2n) is 8.92. The van der Waals surface area contributed by atoms with Gasteiger partial charge in [-0.3, -0.25) is 19.6 Å². The molecule has 0 saturated heterocycles. The maximum Gasteiger partial charge on any atom is 0.337 e. The summed E-state index contributed by atoms with van der Waals surface area (Å²) in [4.78, 5) is 60.0. The Morgan fingerprint density at radius 3 is 1.72 bits per heavy atom. The molecule has 0 aliphatic carbocycles. The van der Waals surface area contributed by atoms with Crippen molar-refractivity contribution in [1.82, 2.24) is 19.9 Å². The highest BCUT2D eigenvalue weighted by atomic mass is 16.5. The molecule has 0 aromatic carbocycles. The summed E-state index contributed by atoms with van der Waals surface area (Å²) < 4.78 is 20.4. The molecule has 226 valence electrons. The Labute approximate surface area is 245 Å². The Morgan fingerprint density at radius 2 is 1.28 bits per heavy atom. The molecular formula is C30H32N4O9. The van der Waals surface area contributed by atoms with E-state index >= 15 is 0 Å². The summed E-state index contributed by atoms with van der Waals surface area (Å²) in [5.41, 5.74) is -0.851. The zero-order valence-corrected chi connectivity index (χ0v) is 24.3. The van der Waals surface area contributed by atoms with Gasteiger partial charge in [-0.25, -0.2) is 9.59 Å². The normalized spacial score (nSPS) is 11.0. The van der Waals surface area contributed by atoms with Gasteiger partial charge < -0.3 is 23.4 Å². The number of aromatic amines is 2. The molecule has 13 nitrogen and oxygen atoms in total. The minimum absolute atomic E-state index is 0.00491. The van der Waals surface area contributed by atoms with Crippen molar-refractivity contribution in [3.63, 3.8) is 0 Å². The highest BCUT2D eigenvalue weighted by Gasteiger charge is 2.13. The smallest absolute Gasteiger partial charge is 0.337 e. The first-order valence-electron chi connectivity index (χ1n) is 13.7. The number of aryl methyl sites for hydroxylation is 2. The molecule has 4 aromatic rings. The largest absolute Gasteiger partial charge is 0.451 e. The fourth-order valence-corrected chi connectivity index (χ4v) is 3.69.